The number of alkyl halides is 12. The second-order valence-electron chi connectivity index (χ2n) is 5.81. The van der Waals surface area contributed by atoms with E-state index in [1.165, 1.54) is 0 Å². The molecule has 0 aliphatic rings. The van der Waals surface area contributed by atoms with E-state index in [1.807, 2.05) is 0 Å². The van der Waals surface area contributed by atoms with E-state index in [1.54, 1.807) is 0 Å². The van der Waals surface area contributed by atoms with Crippen molar-refractivity contribution in [3.8, 4) is 0 Å². The first-order valence-corrected chi connectivity index (χ1v) is 9.59. The van der Waals surface area contributed by atoms with Gasteiger partial charge in [-0.15, -0.1) is 0 Å². The Hall–Kier alpha value is -1.68. The minimum absolute atomic E-state index is 0.154. The highest BCUT2D eigenvalue weighted by Crippen LogP contribution is 2.45. The summed E-state index contributed by atoms with van der Waals surface area (Å²) in [6.45, 7) is 0. The smallest absolute Gasteiger partial charge is 0.166 e. The summed E-state index contributed by atoms with van der Waals surface area (Å²) in [6.07, 6.45) is -21.1. The SMILES string of the molecule is FC(F)(F)c1cc(P(Cl)c2cc(C(F)(F)F)cc(C(F)(F)F)c2)cc(C(F)(F)F)c1. The predicted octanol–water partition coefficient (Wildman–Crippen LogP) is 7.35. The van der Waals surface area contributed by atoms with Crippen molar-refractivity contribution in [3.63, 3.8) is 0 Å². The van der Waals surface area contributed by atoms with Crippen LogP contribution >= 0.6 is 18.5 Å². The summed E-state index contributed by atoms with van der Waals surface area (Å²) < 4.78 is 155. The van der Waals surface area contributed by atoms with Gasteiger partial charge in [0.25, 0.3) is 0 Å². The van der Waals surface area contributed by atoms with E-state index in [4.69, 9.17) is 11.2 Å². The second kappa shape index (κ2) is 7.78. The predicted molar refractivity (Wildman–Crippen MR) is 84.9 cm³/mol. The summed E-state index contributed by atoms with van der Waals surface area (Å²) in [4.78, 5) is 0. The first-order valence-electron chi connectivity index (χ1n) is 7.35. The molecule has 30 heavy (non-hydrogen) atoms. The normalized spacial score (nSPS) is 13.8. The molecule has 0 nitrogen and oxygen atoms in total. The summed E-state index contributed by atoms with van der Waals surface area (Å²) in [6, 6.07) is 0.138. The van der Waals surface area contributed by atoms with Crippen LogP contribution in [0.2, 0.25) is 0 Å². The van der Waals surface area contributed by atoms with Crippen LogP contribution in [0.25, 0.3) is 0 Å². The average Bonchev–Trinajstić information content (AvgIpc) is 2.57. The fourth-order valence-corrected chi connectivity index (χ4v) is 4.15. The largest absolute Gasteiger partial charge is 0.416 e. The molecule has 0 spiro atoms. The lowest BCUT2D eigenvalue weighted by molar-refractivity contribution is -0.144. The van der Waals surface area contributed by atoms with Crippen molar-refractivity contribution in [1.82, 2.24) is 0 Å². The Balaban J connectivity index is 2.72. The fraction of sp³-hybridized carbons (Fsp3) is 0.250. The van der Waals surface area contributed by atoms with Gasteiger partial charge < -0.3 is 0 Å². The fourth-order valence-electron chi connectivity index (χ4n) is 2.25. The molecule has 0 unspecified atom stereocenters. The van der Waals surface area contributed by atoms with Gasteiger partial charge in [0, 0.05) is 0 Å². The lowest BCUT2D eigenvalue weighted by atomic mass is 10.1. The zero-order valence-electron chi connectivity index (χ0n) is 13.8. The van der Waals surface area contributed by atoms with E-state index in [-0.39, 0.29) is 36.4 Å². The number of halogens is 13. The summed E-state index contributed by atoms with van der Waals surface area (Å²) in [5.74, 6) is 0. The summed E-state index contributed by atoms with van der Waals surface area (Å²) in [5, 5.41) is -1.83. The lowest BCUT2D eigenvalue weighted by Crippen LogP contribution is -2.20. The van der Waals surface area contributed by atoms with Crippen LogP contribution in [-0.2, 0) is 24.7 Å². The maximum Gasteiger partial charge on any atom is 0.416 e. The third-order valence-electron chi connectivity index (χ3n) is 3.60. The Morgan fingerprint density at radius 1 is 0.433 bits per heavy atom. The van der Waals surface area contributed by atoms with Crippen LogP contribution in [0.4, 0.5) is 52.7 Å². The highest BCUT2D eigenvalue weighted by atomic mass is 35.7. The minimum atomic E-state index is -5.27. The molecule has 0 aliphatic heterocycles. The standard InChI is InChI=1S/C16H6ClF12P/c17-30(11-3-7(13(18,19)20)1-8(4-11)14(21,22)23)12-5-9(15(24,25)26)2-10(6-12)16(27,28)29/h1-6H. The van der Waals surface area contributed by atoms with Gasteiger partial charge in [0.15, 0.2) is 0 Å². The van der Waals surface area contributed by atoms with Crippen molar-refractivity contribution in [2.45, 2.75) is 24.7 Å². The molecule has 0 saturated carbocycles. The first-order chi connectivity index (χ1) is 13.3. The lowest BCUT2D eigenvalue weighted by Gasteiger charge is -2.19. The molecule has 0 saturated heterocycles. The molecular formula is C16H6ClF12P. The zero-order chi connectivity index (χ0) is 23.3. The molecular weight excluding hydrogens is 487 g/mol. The summed E-state index contributed by atoms with van der Waals surface area (Å²) in [5.41, 5.74) is -7.21. The Morgan fingerprint density at radius 3 is 0.800 bits per heavy atom. The van der Waals surface area contributed by atoms with Crippen LogP contribution in [-0.4, -0.2) is 0 Å². The van der Waals surface area contributed by atoms with Gasteiger partial charge in [-0.1, -0.05) is 11.2 Å². The van der Waals surface area contributed by atoms with Gasteiger partial charge in [0.1, 0.15) is 0 Å². The average molecular weight is 493 g/mol. The Bertz CT molecular complexity index is 784. The van der Waals surface area contributed by atoms with Gasteiger partial charge >= 0.3 is 24.7 Å². The zero-order valence-corrected chi connectivity index (χ0v) is 15.5. The van der Waals surface area contributed by atoms with E-state index in [0.717, 1.165) is 0 Å². The molecule has 14 heteroatoms. The molecule has 0 bridgehead atoms. The summed E-state index contributed by atoms with van der Waals surface area (Å²) in [7, 11) is -2.95. The Kier molecular flexibility index (Phi) is 6.38. The number of rotatable bonds is 2. The highest BCUT2D eigenvalue weighted by Gasteiger charge is 2.40. The Morgan fingerprint density at radius 2 is 0.633 bits per heavy atom. The third kappa shape index (κ3) is 5.72. The monoisotopic (exact) mass is 492 g/mol. The first kappa shape index (κ1) is 24.6. The van der Waals surface area contributed by atoms with Crippen LogP contribution < -0.4 is 10.6 Å². The molecule has 0 atom stereocenters. The van der Waals surface area contributed by atoms with Crippen molar-refractivity contribution in [3.05, 3.63) is 58.7 Å². The molecule has 0 fully saturated rings. The van der Waals surface area contributed by atoms with E-state index in [2.05, 4.69) is 0 Å². The molecule has 2 aromatic rings. The van der Waals surface area contributed by atoms with E-state index in [9.17, 15) is 52.7 Å². The number of benzene rings is 2. The number of hydrogen-bond donors (Lipinski definition) is 0. The molecule has 2 rings (SSSR count). The van der Waals surface area contributed by atoms with Gasteiger partial charge in [-0.2, -0.15) is 52.7 Å². The minimum Gasteiger partial charge on any atom is -0.166 e. The van der Waals surface area contributed by atoms with Gasteiger partial charge in [-0.05, 0) is 47.0 Å². The van der Waals surface area contributed by atoms with E-state index in [0.29, 0.717) is 0 Å². The van der Waals surface area contributed by atoms with E-state index >= 15 is 0 Å². The van der Waals surface area contributed by atoms with Crippen LogP contribution in [0, 0.1) is 0 Å². The van der Waals surface area contributed by atoms with Crippen LogP contribution in [0.15, 0.2) is 36.4 Å². The van der Waals surface area contributed by atoms with Gasteiger partial charge in [0.2, 0.25) is 0 Å². The summed E-state index contributed by atoms with van der Waals surface area (Å²) >= 11 is 5.82. The van der Waals surface area contributed by atoms with Crippen LogP contribution in [0.5, 0.6) is 0 Å². The quantitative estimate of drug-likeness (QED) is 0.304. The van der Waals surface area contributed by atoms with Crippen LogP contribution in [0.1, 0.15) is 22.3 Å². The molecule has 2 aromatic carbocycles. The molecule has 0 aromatic heterocycles. The topological polar surface area (TPSA) is 0 Å². The molecule has 0 amide bonds. The van der Waals surface area contributed by atoms with Gasteiger partial charge in [-0.25, -0.2) is 0 Å². The molecule has 0 heterocycles. The number of hydrogen-bond acceptors (Lipinski definition) is 0. The van der Waals surface area contributed by atoms with Crippen LogP contribution in [0.3, 0.4) is 0 Å². The van der Waals surface area contributed by atoms with Crippen molar-refractivity contribution in [2.75, 3.05) is 0 Å². The molecule has 0 N–H and O–H groups in total. The Labute approximate surface area is 166 Å². The molecule has 166 valence electrons. The molecule has 0 aliphatic carbocycles. The second-order valence-corrected chi connectivity index (χ2v) is 8.42. The maximum atomic E-state index is 12.9. The highest BCUT2D eigenvalue weighted by molar-refractivity contribution is 7.95. The maximum absolute atomic E-state index is 12.9. The van der Waals surface area contributed by atoms with Crippen molar-refractivity contribution in [1.29, 1.82) is 0 Å². The van der Waals surface area contributed by atoms with Crippen molar-refractivity contribution in [2.24, 2.45) is 0 Å². The van der Waals surface area contributed by atoms with Gasteiger partial charge in [0.05, 0.1) is 29.5 Å². The van der Waals surface area contributed by atoms with Gasteiger partial charge in [-0.3, -0.25) is 0 Å². The third-order valence-corrected chi connectivity index (χ3v) is 6.19. The van der Waals surface area contributed by atoms with Crippen molar-refractivity contribution < 1.29 is 52.7 Å². The van der Waals surface area contributed by atoms with E-state index < -0.39 is 64.8 Å². The molecule has 0 radical (unpaired) electrons. The van der Waals surface area contributed by atoms with Crippen molar-refractivity contribution >= 4 is 29.1 Å².